The van der Waals surface area contributed by atoms with Crippen LogP contribution in [0, 0.1) is 5.82 Å². The number of nitrogens with one attached hydrogen (secondary N) is 1. The smallest absolute Gasteiger partial charge is 0.191 e. The molecular weight excluding hydrogens is 255 g/mol. The highest BCUT2D eigenvalue weighted by atomic mass is 19.1. The van der Waals surface area contributed by atoms with E-state index in [4.69, 9.17) is 5.73 Å². The third-order valence-corrected chi connectivity index (χ3v) is 3.84. The monoisotopic (exact) mass is 274 g/mol. The second-order valence-corrected chi connectivity index (χ2v) is 5.34. The molecule has 0 atom stereocenters. The van der Waals surface area contributed by atoms with Crippen LogP contribution in [-0.2, 0) is 6.42 Å². The number of fused-ring (bicyclic) bond motifs is 1. The number of benzene rings is 1. The number of H-pyrrole nitrogens is 1. The molecule has 0 unspecified atom stereocenters. The minimum absolute atomic E-state index is 0.213. The van der Waals surface area contributed by atoms with Gasteiger partial charge in [-0.25, -0.2) is 4.39 Å². The Morgan fingerprint density at radius 1 is 1.50 bits per heavy atom. The molecule has 0 aliphatic heterocycles. The van der Waals surface area contributed by atoms with Crippen molar-refractivity contribution >= 4 is 16.9 Å². The summed E-state index contributed by atoms with van der Waals surface area (Å²) in [5.41, 5.74) is 7.97. The highest BCUT2D eigenvalue weighted by Gasteiger charge is 2.27. The normalized spacial score (nSPS) is 15.8. The van der Waals surface area contributed by atoms with Crippen LogP contribution < -0.4 is 5.73 Å². The number of nitrogens with zero attached hydrogens (tertiary/aromatic N) is 2. The summed E-state index contributed by atoms with van der Waals surface area (Å²) < 4.78 is 13.3. The predicted molar refractivity (Wildman–Crippen MR) is 79.2 cm³/mol. The number of aromatic amines is 1. The molecule has 0 amide bonds. The Balaban J connectivity index is 1.67. The zero-order chi connectivity index (χ0) is 14.1. The lowest BCUT2D eigenvalue weighted by Crippen LogP contribution is -2.35. The number of rotatable bonds is 4. The van der Waals surface area contributed by atoms with Gasteiger partial charge in [0, 0.05) is 36.7 Å². The van der Waals surface area contributed by atoms with Crippen molar-refractivity contribution in [1.82, 2.24) is 9.88 Å². The maximum Gasteiger partial charge on any atom is 0.191 e. The second-order valence-electron chi connectivity index (χ2n) is 5.34. The molecule has 1 aliphatic rings. The fourth-order valence-electron chi connectivity index (χ4n) is 2.41. The average molecular weight is 274 g/mol. The molecule has 3 rings (SSSR count). The average Bonchev–Trinajstić information content (AvgIpc) is 3.21. The standard InChI is InChI=1S/C15H19FN4/c1-20(12-3-4-12)15(17)18-7-6-10-9-19-14-5-2-11(16)8-13(10)14/h2,5,8-9,12,19H,3-4,6-7H2,1H3,(H2,17,18). The van der Waals surface area contributed by atoms with Crippen molar-refractivity contribution in [3.05, 3.63) is 35.8 Å². The summed E-state index contributed by atoms with van der Waals surface area (Å²) in [7, 11) is 1.98. The first-order chi connectivity index (χ1) is 9.65. The minimum Gasteiger partial charge on any atom is -0.370 e. The van der Waals surface area contributed by atoms with E-state index < -0.39 is 0 Å². The first-order valence-corrected chi connectivity index (χ1v) is 6.93. The van der Waals surface area contributed by atoms with E-state index in [2.05, 4.69) is 9.98 Å². The van der Waals surface area contributed by atoms with Crippen molar-refractivity contribution in [2.24, 2.45) is 10.7 Å². The van der Waals surface area contributed by atoms with Gasteiger partial charge in [-0.1, -0.05) is 0 Å². The quantitative estimate of drug-likeness (QED) is 0.663. The van der Waals surface area contributed by atoms with Gasteiger partial charge in [0.05, 0.1) is 0 Å². The van der Waals surface area contributed by atoms with E-state index in [0.717, 1.165) is 22.9 Å². The van der Waals surface area contributed by atoms with E-state index in [9.17, 15) is 4.39 Å². The molecule has 1 fully saturated rings. The SMILES string of the molecule is CN(C(N)=NCCc1c[nH]c2ccc(F)cc12)C1CC1. The molecule has 5 heteroatoms. The molecule has 2 aromatic rings. The summed E-state index contributed by atoms with van der Waals surface area (Å²) in [5.74, 6) is 0.383. The Bertz CT molecular complexity index is 642. The lowest BCUT2D eigenvalue weighted by atomic mass is 10.1. The van der Waals surface area contributed by atoms with E-state index in [-0.39, 0.29) is 5.82 Å². The fourth-order valence-corrected chi connectivity index (χ4v) is 2.41. The van der Waals surface area contributed by atoms with Gasteiger partial charge < -0.3 is 15.6 Å². The molecule has 20 heavy (non-hydrogen) atoms. The molecule has 4 nitrogen and oxygen atoms in total. The second kappa shape index (κ2) is 5.15. The Morgan fingerprint density at radius 3 is 3.05 bits per heavy atom. The zero-order valence-corrected chi connectivity index (χ0v) is 11.6. The molecular formula is C15H19FN4. The highest BCUT2D eigenvalue weighted by molar-refractivity contribution is 5.83. The van der Waals surface area contributed by atoms with Crippen LogP contribution in [-0.4, -0.2) is 35.5 Å². The van der Waals surface area contributed by atoms with Gasteiger partial charge in [0.15, 0.2) is 5.96 Å². The van der Waals surface area contributed by atoms with E-state index in [1.807, 2.05) is 18.1 Å². The summed E-state index contributed by atoms with van der Waals surface area (Å²) in [6, 6.07) is 5.35. The lowest BCUT2D eigenvalue weighted by Gasteiger charge is -2.16. The first-order valence-electron chi connectivity index (χ1n) is 6.93. The Labute approximate surface area is 117 Å². The largest absolute Gasteiger partial charge is 0.370 e. The molecule has 1 saturated carbocycles. The van der Waals surface area contributed by atoms with E-state index in [1.54, 1.807) is 12.1 Å². The van der Waals surface area contributed by atoms with Crippen LogP contribution in [0.25, 0.3) is 10.9 Å². The van der Waals surface area contributed by atoms with Crippen molar-refractivity contribution in [2.75, 3.05) is 13.6 Å². The number of hydrogen-bond donors (Lipinski definition) is 2. The van der Waals surface area contributed by atoms with Gasteiger partial charge in [0.2, 0.25) is 0 Å². The van der Waals surface area contributed by atoms with Crippen LogP contribution in [0.3, 0.4) is 0 Å². The summed E-state index contributed by atoms with van der Waals surface area (Å²) >= 11 is 0. The van der Waals surface area contributed by atoms with Crippen LogP contribution in [0.5, 0.6) is 0 Å². The van der Waals surface area contributed by atoms with Crippen molar-refractivity contribution in [3.8, 4) is 0 Å². The first kappa shape index (κ1) is 13.0. The van der Waals surface area contributed by atoms with Gasteiger partial charge in [-0.15, -0.1) is 0 Å². The Morgan fingerprint density at radius 2 is 2.30 bits per heavy atom. The molecule has 0 saturated heterocycles. The van der Waals surface area contributed by atoms with Crippen LogP contribution >= 0.6 is 0 Å². The molecule has 0 bridgehead atoms. The number of nitrogens with two attached hydrogens (primary N) is 1. The van der Waals surface area contributed by atoms with E-state index in [1.165, 1.54) is 18.9 Å². The van der Waals surface area contributed by atoms with Gasteiger partial charge in [-0.05, 0) is 43.0 Å². The van der Waals surface area contributed by atoms with Crippen LogP contribution in [0.2, 0.25) is 0 Å². The summed E-state index contributed by atoms with van der Waals surface area (Å²) in [6.45, 7) is 0.617. The lowest BCUT2D eigenvalue weighted by molar-refractivity contribution is 0.487. The maximum absolute atomic E-state index is 13.3. The summed E-state index contributed by atoms with van der Waals surface area (Å²) in [6.07, 6.45) is 5.08. The van der Waals surface area contributed by atoms with E-state index >= 15 is 0 Å². The Kier molecular flexibility index (Phi) is 3.34. The van der Waals surface area contributed by atoms with Crippen LogP contribution in [0.4, 0.5) is 4.39 Å². The molecule has 106 valence electrons. The number of aliphatic imine (C=N–C) groups is 1. The third kappa shape index (κ3) is 2.61. The topological polar surface area (TPSA) is 57.4 Å². The van der Waals surface area contributed by atoms with Crippen LogP contribution in [0.1, 0.15) is 18.4 Å². The molecule has 0 radical (unpaired) electrons. The molecule has 1 aromatic carbocycles. The summed E-state index contributed by atoms with van der Waals surface area (Å²) in [4.78, 5) is 9.59. The number of hydrogen-bond acceptors (Lipinski definition) is 1. The Hall–Kier alpha value is -2.04. The van der Waals surface area contributed by atoms with Gasteiger partial charge in [-0.3, -0.25) is 4.99 Å². The van der Waals surface area contributed by atoms with Crippen LogP contribution in [0.15, 0.2) is 29.4 Å². The number of guanidine groups is 1. The summed E-state index contributed by atoms with van der Waals surface area (Å²) in [5, 5.41) is 0.925. The van der Waals surface area contributed by atoms with Crippen molar-refractivity contribution in [1.29, 1.82) is 0 Å². The molecule has 3 N–H and O–H groups in total. The highest BCUT2D eigenvalue weighted by Crippen LogP contribution is 2.25. The molecule has 1 heterocycles. The zero-order valence-electron chi connectivity index (χ0n) is 11.6. The van der Waals surface area contributed by atoms with Crippen molar-refractivity contribution < 1.29 is 4.39 Å². The molecule has 1 aromatic heterocycles. The van der Waals surface area contributed by atoms with Crippen molar-refractivity contribution in [2.45, 2.75) is 25.3 Å². The van der Waals surface area contributed by atoms with Gasteiger partial charge in [0.1, 0.15) is 5.82 Å². The number of aromatic nitrogens is 1. The minimum atomic E-state index is -0.213. The van der Waals surface area contributed by atoms with Gasteiger partial charge >= 0.3 is 0 Å². The van der Waals surface area contributed by atoms with Crippen molar-refractivity contribution in [3.63, 3.8) is 0 Å². The van der Waals surface area contributed by atoms with Gasteiger partial charge in [0.25, 0.3) is 0 Å². The third-order valence-electron chi connectivity index (χ3n) is 3.84. The van der Waals surface area contributed by atoms with Gasteiger partial charge in [-0.2, -0.15) is 0 Å². The number of halogens is 1. The molecule has 0 spiro atoms. The van der Waals surface area contributed by atoms with E-state index in [0.29, 0.717) is 18.5 Å². The predicted octanol–water partition coefficient (Wildman–Crippen LogP) is 2.26. The molecule has 1 aliphatic carbocycles. The fraction of sp³-hybridized carbons (Fsp3) is 0.400. The maximum atomic E-state index is 13.3.